The lowest BCUT2D eigenvalue weighted by Gasteiger charge is -2.24. The minimum Gasteiger partial charge on any atom is -0.444 e. The van der Waals surface area contributed by atoms with Gasteiger partial charge in [-0.25, -0.2) is 14.8 Å². The van der Waals surface area contributed by atoms with E-state index < -0.39 is 23.4 Å². The van der Waals surface area contributed by atoms with E-state index in [1.54, 1.807) is 27.7 Å². The highest BCUT2D eigenvalue weighted by Crippen LogP contribution is 2.32. The van der Waals surface area contributed by atoms with Gasteiger partial charge < -0.3 is 15.8 Å². The van der Waals surface area contributed by atoms with E-state index in [2.05, 4.69) is 15.3 Å². The third-order valence-electron chi connectivity index (χ3n) is 4.35. The van der Waals surface area contributed by atoms with Crippen LogP contribution in [0, 0.1) is 6.92 Å². The van der Waals surface area contributed by atoms with Crippen LogP contribution >= 0.6 is 0 Å². The number of anilines is 2. The molecule has 162 valence electrons. The minimum atomic E-state index is -4.48. The van der Waals surface area contributed by atoms with Gasteiger partial charge in [-0.1, -0.05) is 0 Å². The first-order valence-corrected chi connectivity index (χ1v) is 9.36. The van der Waals surface area contributed by atoms with Crippen LogP contribution in [0.1, 0.15) is 49.0 Å². The van der Waals surface area contributed by atoms with Crippen LogP contribution in [0.25, 0.3) is 0 Å². The topological polar surface area (TPSA) is 93.4 Å². The number of hydrogen-bond donors (Lipinski definition) is 2. The molecule has 1 aromatic heterocycles. The van der Waals surface area contributed by atoms with Gasteiger partial charge >= 0.3 is 12.3 Å². The maximum absolute atomic E-state index is 13.0. The molecule has 0 bridgehead atoms. The van der Waals surface area contributed by atoms with Crippen LogP contribution in [-0.4, -0.2) is 26.6 Å². The summed E-state index contributed by atoms with van der Waals surface area (Å²) in [6.45, 7) is 7.67. The smallest absolute Gasteiger partial charge is 0.416 e. The molecule has 0 saturated carbocycles. The van der Waals surface area contributed by atoms with Gasteiger partial charge in [-0.05, 0) is 51.5 Å². The summed E-state index contributed by atoms with van der Waals surface area (Å²) < 4.78 is 44.5. The number of hydrogen-bond acceptors (Lipinski definition) is 6. The maximum atomic E-state index is 13.0. The normalized spacial score (nSPS) is 13.9. The molecule has 0 saturated heterocycles. The summed E-state index contributed by atoms with van der Waals surface area (Å²) in [6, 6.07) is 3.42. The van der Waals surface area contributed by atoms with E-state index >= 15 is 0 Å². The second kappa shape index (κ2) is 7.66. The Morgan fingerprint density at radius 1 is 1.20 bits per heavy atom. The van der Waals surface area contributed by atoms with Crippen molar-refractivity contribution in [2.45, 2.75) is 59.1 Å². The molecule has 30 heavy (non-hydrogen) atoms. The van der Waals surface area contributed by atoms with Gasteiger partial charge in [-0.2, -0.15) is 13.2 Å². The third kappa shape index (κ3) is 5.11. The largest absolute Gasteiger partial charge is 0.444 e. The lowest BCUT2D eigenvalue weighted by atomic mass is 10.1. The van der Waals surface area contributed by atoms with Crippen LogP contribution in [0.3, 0.4) is 0 Å². The highest BCUT2D eigenvalue weighted by molar-refractivity contribution is 5.70. The van der Waals surface area contributed by atoms with Gasteiger partial charge in [-0.15, -0.1) is 0 Å². The van der Waals surface area contributed by atoms with Crippen molar-refractivity contribution >= 4 is 17.6 Å². The quantitative estimate of drug-likeness (QED) is 0.717. The molecule has 0 spiro atoms. The van der Waals surface area contributed by atoms with Gasteiger partial charge in [0.2, 0.25) is 0 Å². The Bertz CT molecular complexity index is 970. The van der Waals surface area contributed by atoms with E-state index in [4.69, 9.17) is 10.5 Å². The number of halogens is 3. The number of alkyl halides is 3. The molecule has 7 nitrogen and oxygen atoms in total. The SMILES string of the molecule is Cc1nc2c(c(NCc3cc(N)cc(C(F)(F)F)c3)n1)CN(C(=O)OC(C)(C)C)C2. The van der Waals surface area contributed by atoms with E-state index in [0.29, 0.717) is 28.5 Å². The highest BCUT2D eigenvalue weighted by atomic mass is 19.4. The number of amides is 1. The number of nitrogens with one attached hydrogen (secondary N) is 1. The lowest BCUT2D eigenvalue weighted by molar-refractivity contribution is -0.137. The molecular weight excluding hydrogens is 399 g/mol. The van der Waals surface area contributed by atoms with Crippen LogP contribution in [-0.2, 0) is 30.5 Å². The molecule has 1 aromatic carbocycles. The molecule has 1 aliphatic rings. The van der Waals surface area contributed by atoms with E-state index in [9.17, 15) is 18.0 Å². The fourth-order valence-corrected chi connectivity index (χ4v) is 3.15. The van der Waals surface area contributed by atoms with Crippen LogP contribution in [0.5, 0.6) is 0 Å². The van der Waals surface area contributed by atoms with Crippen LogP contribution in [0.15, 0.2) is 18.2 Å². The fourth-order valence-electron chi connectivity index (χ4n) is 3.15. The second-order valence-electron chi connectivity index (χ2n) is 8.20. The van der Waals surface area contributed by atoms with Gasteiger partial charge in [0.15, 0.2) is 0 Å². The van der Waals surface area contributed by atoms with Crippen molar-refractivity contribution in [3.63, 3.8) is 0 Å². The molecule has 0 aliphatic carbocycles. The van der Waals surface area contributed by atoms with Crippen LogP contribution in [0.4, 0.5) is 29.5 Å². The van der Waals surface area contributed by atoms with Crippen molar-refractivity contribution in [2.75, 3.05) is 11.1 Å². The molecule has 1 amide bonds. The average Bonchev–Trinajstić information content (AvgIpc) is 3.01. The first kappa shape index (κ1) is 21.7. The third-order valence-corrected chi connectivity index (χ3v) is 4.35. The highest BCUT2D eigenvalue weighted by Gasteiger charge is 2.32. The van der Waals surface area contributed by atoms with E-state index in [-0.39, 0.29) is 25.3 Å². The lowest BCUT2D eigenvalue weighted by Crippen LogP contribution is -2.33. The van der Waals surface area contributed by atoms with Crippen molar-refractivity contribution in [3.05, 3.63) is 46.4 Å². The van der Waals surface area contributed by atoms with Crippen molar-refractivity contribution in [3.8, 4) is 0 Å². The molecule has 3 rings (SSSR count). The Kier molecular flexibility index (Phi) is 5.53. The molecular formula is C20H24F3N5O2. The first-order chi connectivity index (χ1) is 13.8. The summed E-state index contributed by atoms with van der Waals surface area (Å²) in [4.78, 5) is 22.7. The number of nitrogen functional groups attached to an aromatic ring is 1. The molecule has 1 aliphatic heterocycles. The summed E-state index contributed by atoms with van der Waals surface area (Å²) in [5.41, 5.74) is 5.99. The zero-order valence-electron chi connectivity index (χ0n) is 17.2. The monoisotopic (exact) mass is 423 g/mol. The molecule has 0 atom stereocenters. The average molecular weight is 423 g/mol. The first-order valence-electron chi connectivity index (χ1n) is 9.36. The molecule has 10 heteroatoms. The summed E-state index contributed by atoms with van der Waals surface area (Å²) in [5.74, 6) is 0.963. The van der Waals surface area contributed by atoms with Crippen molar-refractivity contribution in [2.24, 2.45) is 0 Å². The Labute approximate surface area is 172 Å². The van der Waals surface area contributed by atoms with E-state index in [0.717, 1.165) is 12.1 Å². The number of aryl methyl sites for hydroxylation is 1. The standard InChI is InChI=1S/C20H24F3N5O2/c1-11-26-16-10-28(18(29)30-19(2,3)4)9-15(16)17(27-11)25-8-12-5-13(20(21,22)23)7-14(24)6-12/h5-7H,8-10,24H2,1-4H3,(H,25,26,27). The molecule has 2 heterocycles. The molecule has 0 radical (unpaired) electrons. The van der Waals surface area contributed by atoms with Gasteiger partial charge in [0.25, 0.3) is 0 Å². The Hall–Kier alpha value is -3.04. The minimum absolute atomic E-state index is 0.0295. The molecule has 0 fully saturated rings. The Morgan fingerprint density at radius 3 is 2.53 bits per heavy atom. The Balaban J connectivity index is 1.79. The predicted octanol–water partition coefficient (Wildman–Crippen LogP) is 4.25. The zero-order valence-corrected chi connectivity index (χ0v) is 17.2. The van der Waals surface area contributed by atoms with Crippen LogP contribution < -0.4 is 11.1 Å². The van der Waals surface area contributed by atoms with Crippen molar-refractivity contribution < 1.29 is 22.7 Å². The Morgan fingerprint density at radius 2 is 1.90 bits per heavy atom. The van der Waals surface area contributed by atoms with Gasteiger partial charge in [0.1, 0.15) is 17.2 Å². The summed E-state index contributed by atoms with van der Waals surface area (Å²) >= 11 is 0. The van der Waals surface area contributed by atoms with Gasteiger partial charge in [0.05, 0.1) is 24.3 Å². The zero-order chi connectivity index (χ0) is 22.3. The summed E-state index contributed by atoms with van der Waals surface area (Å²) in [7, 11) is 0. The number of carbonyl (C=O) groups excluding carboxylic acids is 1. The van der Waals surface area contributed by atoms with Crippen LogP contribution in [0.2, 0.25) is 0 Å². The number of ether oxygens (including phenoxy) is 1. The number of nitrogens with two attached hydrogens (primary N) is 1. The maximum Gasteiger partial charge on any atom is 0.416 e. The summed E-state index contributed by atoms with van der Waals surface area (Å²) in [5, 5.41) is 3.06. The van der Waals surface area contributed by atoms with Crippen molar-refractivity contribution in [1.29, 1.82) is 0 Å². The van der Waals surface area contributed by atoms with E-state index in [1.165, 1.54) is 11.0 Å². The summed E-state index contributed by atoms with van der Waals surface area (Å²) in [6.07, 6.45) is -4.94. The number of aromatic nitrogens is 2. The number of benzene rings is 1. The molecule has 0 unspecified atom stereocenters. The van der Waals surface area contributed by atoms with E-state index in [1.807, 2.05) is 0 Å². The molecule has 3 N–H and O–H groups in total. The number of fused-ring (bicyclic) bond motifs is 1. The number of nitrogens with zero attached hydrogens (tertiary/aromatic N) is 3. The second-order valence-corrected chi connectivity index (χ2v) is 8.20. The number of carbonyl (C=O) groups is 1. The molecule has 2 aromatic rings. The predicted molar refractivity (Wildman–Crippen MR) is 105 cm³/mol. The fraction of sp³-hybridized carbons (Fsp3) is 0.450. The van der Waals surface area contributed by atoms with Gasteiger partial charge in [-0.3, -0.25) is 4.90 Å². The van der Waals surface area contributed by atoms with Gasteiger partial charge in [0, 0.05) is 17.8 Å². The number of rotatable bonds is 3. The van der Waals surface area contributed by atoms with Crippen molar-refractivity contribution in [1.82, 2.24) is 14.9 Å².